The summed E-state index contributed by atoms with van der Waals surface area (Å²) in [6, 6.07) is 0. The van der Waals surface area contributed by atoms with E-state index < -0.39 is 7.60 Å². The highest BCUT2D eigenvalue weighted by molar-refractivity contribution is 7.52. The molecule has 0 bridgehead atoms. The van der Waals surface area contributed by atoms with Crippen molar-refractivity contribution in [2.45, 2.75) is 122 Å². The number of aromatic nitrogens is 4. The molecule has 0 radical (unpaired) electrons. The molecule has 3 rings (SSSR count). The quantitative estimate of drug-likeness (QED) is 0.0952. The number of hydrogen-bond acceptors (Lipinski definition) is 8. The van der Waals surface area contributed by atoms with Gasteiger partial charge in [-0.25, -0.2) is 15.0 Å². The molecular weight excluding hydrogens is 529 g/mol. The first-order valence-electron chi connectivity index (χ1n) is 15.5. The molecule has 11 heteroatoms. The Balaban J connectivity index is 1.07. The predicted octanol–water partition coefficient (Wildman–Crippen LogP) is 6.86. The zero-order valence-electron chi connectivity index (χ0n) is 24.6. The van der Waals surface area contributed by atoms with Crippen LogP contribution in [0.5, 0.6) is 0 Å². The first-order chi connectivity index (χ1) is 19.4. The maximum absolute atomic E-state index is 12.3. The van der Waals surface area contributed by atoms with Crippen LogP contribution in [0, 0.1) is 5.92 Å². The molecule has 2 heterocycles. The predicted molar refractivity (Wildman–Crippen MR) is 159 cm³/mol. The third-order valence-corrected chi connectivity index (χ3v) is 8.54. The fourth-order valence-corrected chi connectivity index (χ4v) is 5.83. The molecule has 2 atom stereocenters. The summed E-state index contributed by atoms with van der Waals surface area (Å²) in [4.78, 5) is 22.4. The van der Waals surface area contributed by atoms with Crippen molar-refractivity contribution in [1.29, 1.82) is 0 Å². The van der Waals surface area contributed by atoms with Crippen molar-refractivity contribution >= 4 is 24.6 Å². The molecule has 0 aromatic carbocycles. The summed E-state index contributed by atoms with van der Waals surface area (Å²) < 4.78 is 30.5. The van der Waals surface area contributed by atoms with E-state index in [2.05, 4.69) is 15.0 Å². The topological polar surface area (TPSA) is 135 Å². The zero-order chi connectivity index (χ0) is 28.5. The average Bonchev–Trinajstić information content (AvgIpc) is 3.67. The lowest BCUT2D eigenvalue weighted by Crippen LogP contribution is -2.17. The third-order valence-electron chi connectivity index (χ3n) is 7.48. The number of rotatable bonds is 25. The fourth-order valence-electron chi connectivity index (χ4n) is 4.90. The lowest BCUT2D eigenvalue weighted by molar-refractivity contribution is 0.0688. The van der Waals surface area contributed by atoms with Crippen molar-refractivity contribution < 1.29 is 23.5 Å². The summed E-state index contributed by atoms with van der Waals surface area (Å²) >= 11 is 0. The van der Waals surface area contributed by atoms with Gasteiger partial charge in [-0.2, -0.15) is 0 Å². The van der Waals surface area contributed by atoms with Crippen molar-refractivity contribution in [2.24, 2.45) is 5.92 Å². The molecule has 1 fully saturated rings. The second-order valence-corrected chi connectivity index (χ2v) is 13.1. The summed E-state index contributed by atoms with van der Waals surface area (Å²) in [5.74, 6) is 1.41. The van der Waals surface area contributed by atoms with Crippen LogP contribution in [0.25, 0.3) is 11.2 Å². The molecule has 0 saturated heterocycles. The van der Waals surface area contributed by atoms with Crippen molar-refractivity contribution in [3.05, 3.63) is 12.7 Å². The number of nitrogens with zero attached hydrogens (tertiary/aromatic N) is 4. The van der Waals surface area contributed by atoms with Crippen LogP contribution in [-0.4, -0.2) is 56.7 Å². The van der Waals surface area contributed by atoms with Crippen LogP contribution in [0.4, 0.5) is 5.82 Å². The molecule has 3 N–H and O–H groups in total. The first kappa shape index (κ1) is 32.9. The van der Waals surface area contributed by atoms with Crippen LogP contribution in [0.2, 0.25) is 0 Å². The van der Waals surface area contributed by atoms with Gasteiger partial charge in [0.1, 0.15) is 18.2 Å². The first-order valence-corrected chi connectivity index (χ1v) is 17.3. The third kappa shape index (κ3) is 13.9. The van der Waals surface area contributed by atoms with E-state index in [-0.39, 0.29) is 19.1 Å². The van der Waals surface area contributed by atoms with Crippen molar-refractivity contribution in [3.63, 3.8) is 0 Å². The number of hydrogen-bond donors (Lipinski definition) is 2. The lowest BCUT2D eigenvalue weighted by Gasteiger charge is -2.17. The van der Waals surface area contributed by atoms with E-state index in [0.717, 1.165) is 18.9 Å². The van der Waals surface area contributed by atoms with E-state index in [1.165, 1.54) is 96.2 Å². The summed E-state index contributed by atoms with van der Waals surface area (Å²) in [6.45, 7) is 3.63. The highest BCUT2D eigenvalue weighted by Crippen LogP contribution is 2.42. The minimum absolute atomic E-state index is 0.161. The molecule has 228 valence electrons. The molecule has 1 saturated carbocycles. The Morgan fingerprint density at radius 2 is 1.55 bits per heavy atom. The highest BCUT2D eigenvalue weighted by Gasteiger charge is 2.22. The van der Waals surface area contributed by atoms with E-state index in [9.17, 15) is 9.46 Å². The summed E-state index contributed by atoms with van der Waals surface area (Å²) in [5, 5.41) is 0. The molecule has 0 amide bonds. The van der Waals surface area contributed by atoms with Gasteiger partial charge < -0.3 is 29.2 Å². The molecule has 1 unspecified atom stereocenters. The average molecular weight is 582 g/mol. The van der Waals surface area contributed by atoms with Gasteiger partial charge in [0.15, 0.2) is 11.5 Å². The number of imidazole rings is 1. The Labute approximate surface area is 240 Å². The van der Waals surface area contributed by atoms with Crippen molar-refractivity contribution in [3.8, 4) is 0 Å². The molecule has 0 aliphatic heterocycles. The second kappa shape index (κ2) is 18.8. The largest absolute Gasteiger partial charge is 0.382 e. The summed E-state index contributed by atoms with van der Waals surface area (Å²) in [7, 11) is -3.83. The van der Waals surface area contributed by atoms with E-state index >= 15 is 0 Å². The normalized spacial score (nSPS) is 15.9. The van der Waals surface area contributed by atoms with E-state index in [4.69, 9.17) is 19.7 Å². The van der Waals surface area contributed by atoms with E-state index in [1.807, 2.05) is 6.92 Å². The van der Waals surface area contributed by atoms with Crippen molar-refractivity contribution in [2.75, 3.05) is 31.9 Å². The Morgan fingerprint density at radius 1 is 0.925 bits per heavy atom. The number of fused-ring (bicyclic) bond motifs is 1. The van der Waals surface area contributed by atoms with Crippen LogP contribution in [0.3, 0.4) is 0 Å². The van der Waals surface area contributed by atoms with Gasteiger partial charge in [-0.15, -0.1) is 0 Å². The number of anilines is 1. The van der Waals surface area contributed by atoms with Crippen LogP contribution >= 0.6 is 7.60 Å². The molecule has 1 aliphatic rings. The smallest absolute Gasteiger partial charge is 0.353 e. The van der Waals surface area contributed by atoms with Gasteiger partial charge in [0.25, 0.3) is 0 Å². The molecule has 0 spiro atoms. The SMILES string of the molecule is C[C@H](Cn1cnc2c(N)ncnc21)OCP(=O)(O)OCCCOCCCCCCCCCCCCCCC1CC1. The van der Waals surface area contributed by atoms with Gasteiger partial charge >= 0.3 is 7.60 Å². The van der Waals surface area contributed by atoms with Crippen molar-refractivity contribution in [1.82, 2.24) is 19.5 Å². The van der Waals surface area contributed by atoms with Gasteiger partial charge in [0.2, 0.25) is 0 Å². The maximum Gasteiger partial charge on any atom is 0.353 e. The lowest BCUT2D eigenvalue weighted by atomic mass is 10.0. The standard InChI is InChI=1S/C29H52N5O5P/c1-25(21-34-23-33-27-28(30)31-22-32-29(27)34)38-24-40(35,36)39-20-14-19-37-18-13-11-9-7-5-3-2-4-6-8-10-12-15-26-16-17-26/h22-23,25-26H,2-21,24H2,1H3,(H,35,36)(H2,30,31,32)/t25-/m1/s1. The van der Waals surface area contributed by atoms with E-state index in [0.29, 0.717) is 36.6 Å². The minimum Gasteiger partial charge on any atom is -0.382 e. The minimum atomic E-state index is -3.83. The van der Waals surface area contributed by atoms with Crippen LogP contribution in [0.15, 0.2) is 12.7 Å². The Morgan fingerprint density at radius 3 is 2.23 bits per heavy atom. The zero-order valence-corrected chi connectivity index (χ0v) is 25.4. The number of nitrogens with two attached hydrogens (primary N) is 1. The maximum atomic E-state index is 12.3. The molecular formula is C29H52N5O5P. The second-order valence-electron chi connectivity index (χ2n) is 11.3. The molecule has 10 nitrogen and oxygen atoms in total. The van der Waals surface area contributed by atoms with Gasteiger partial charge in [-0.05, 0) is 25.7 Å². The molecule has 2 aromatic heterocycles. The Bertz CT molecular complexity index is 1000. The monoisotopic (exact) mass is 581 g/mol. The Kier molecular flexibility index (Phi) is 15.5. The van der Waals surface area contributed by atoms with Gasteiger partial charge in [0.05, 0.1) is 25.6 Å². The molecule has 40 heavy (non-hydrogen) atoms. The van der Waals surface area contributed by atoms with Gasteiger partial charge in [-0.3, -0.25) is 4.57 Å². The van der Waals surface area contributed by atoms with Crippen LogP contribution in [0.1, 0.15) is 110 Å². The molecule has 2 aromatic rings. The highest BCUT2D eigenvalue weighted by atomic mass is 31.2. The number of ether oxygens (including phenoxy) is 2. The fraction of sp³-hybridized carbons (Fsp3) is 0.828. The van der Waals surface area contributed by atoms with Crippen LogP contribution < -0.4 is 5.73 Å². The van der Waals surface area contributed by atoms with Gasteiger partial charge in [-0.1, -0.05) is 89.9 Å². The molecule has 1 aliphatic carbocycles. The van der Waals surface area contributed by atoms with Crippen LogP contribution in [-0.2, 0) is 25.1 Å². The number of nitrogen functional groups attached to an aromatic ring is 1. The van der Waals surface area contributed by atoms with Gasteiger partial charge in [0, 0.05) is 13.2 Å². The Hall–Kier alpha value is -1.58. The summed E-state index contributed by atoms with van der Waals surface area (Å²) in [5.41, 5.74) is 6.92. The summed E-state index contributed by atoms with van der Waals surface area (Å²) in [6.07, 6.45) is 23.5. The van der Waals surface area contributed by atoms with E-state index in [1.54, 1.807) is 10.9 Å². The number of unbranched alkanes of at least 4 members (excludes halogenated alkanes) is 11.